The van der Waals surface area contributed by atoms with Crippen LogP contribution in [0.5, 0.6) is 5.75 Å². The van der Waals surface area contributed by atoms with Gasteiger partial charge in [0.2, 0.25) is 0 Å². The maximum Gasteiger partial charge on any atom is 0.407 e. The fourth-order valence-corrected chi connectivity index (χ4v) is 3.35. The van der Waals surface area contributed by atoms with Crippen molar-refractivity contribution in [2.75, 3.05) is 28.6 Å². The number of hydrogen-bond donors (Lipinski definition) is 1. The fourth-order valence-electron chi connectivity index (χ4n) is 2.50. The molecule has 1 N–H and O–H groups in total. The van der Waals surface area contributed by atoms with Crippen LogP contribution in [0, 0.1) is 6.92 Å². The van der Waals surface area contributed by atoms with Gasteiger partial charge < -0.3 is 19.7 Å². The number of carbonyl (C=O) groups excluding carboxylic acids is 2. The van der Waals surface area contributed by atoms with Gasteiger partial charge in [-0.25, -0.2) is 4.79 Å². The molecule has 1 aromatic carbocycles. The van der Waals surface area contributed by atoms with Gasteiger partial charge in [0.1, 0.15) is 5.60 Å². The van der Waals surface area contributed by atoms with E-state index in [2.05, 4.69) is 42.1 Å². The number of ether oxygens (including phenoxy) is 2. The van der Waals surface area contributed by atoms with Crippen LogP contribution in [0.15, 0.2) is 18.2 Å². The molecular weight excluding hydrogens is 492 g/mol. The van der Waals surface area contributed by atoms with Crippen LogP contribution in [0.2, 0.25) is 0 Å². The number of benzene rings is 1. The Labute approximate surface area is 184 Å². The first-order valence-electron chi connectivity index (χ1n) is 9.23. The molecule has 0 aliphatic carbocycles. The highest BCUT2D eigenvalue weighted by atomic mass is 79.9. The summed E-state index contributed by atoms with van der Waals surface area (Å²) in [7, 11) is 0. The largest absolute Gasteiger partial charge is 0.444 e. The molecule has 0 radical (unpaired) electrons. The van der Waals surface area contributed by atoms with E-state index < -0.39 is 23.7 Å². The van der Waals surface area contributed by atoms with Crippen molar-refractivity contribution in [3.8, 4) is 5.75 Å². The summed E-state index contributed by atoms with van der Waals surface area (Å²) in [6.45, 7) is 10.6. The number of nitrogens with one attached hydrogen (secondary N) is 1. The van der Waals surface area contributed by atoms with E-state index in [1.807, 2.05) is 25.1 Å². The number of anilines is 1. The average molecular weight is 522 g/mol. The van der Waals surface area contributed by atoms with Crippen LogP contribution in [0.4, 0.5) is 10.5 Å². The molecule has 6 nitrogen and oxygen atoms in total. The lowest BCUT2D eigenvalue weighted by Gasteiger charge is -2.25. The monoisotopic (exact) mass is 520 g/mol. The zero-order chi connectivity index (χ0) is 21.3. The van der Waals surface area contributed by atoms with Gasteiger partial charge in [0.05, 0.1) is 12.1 Å². The Balaban J connectivity index is 2.79. The molecular formula is C20H30Br2N2O4. The van der Waals surface area contributed by atoms with E-state index in [4.69, 9.17) is 9.47 Å². The Bertz CT molecular complexity index is 656. The van der Waals surface area contributed by atoms with Crippen molar-refractivity contribution in [1.29, 1.82) is 0 Å². The predicted molar refractivity (Wildman–Crippen MR) is 120 cm³/mol. The van der Waals surface area contributed by atoms with Crippen LogP contribution in [0.1, 0.15) is 39.7 Å². The van der Waals surface area contributed by atoms with Gasteiger partial charge in [0, 0.05) is 29.8 Å². The standard InChI is InChI=1S/C20H30Br2N2O4/c1-14-6-7-16(24(10-8-21)11-9-22)17(12-14)27-18(25)13-15(2)23-19(26)28-20(3,4)5/h6-7,12,15H,8-11,13H2,1-5H3,(H,23,26). The quantitative estimate of drug-likeness (QED) is 0.287. The zero-order valence-corrected chi connectivity index (χ0v) is 20.4. The molecule has 1 unspecified atom stereocenters. The van der Waals surface area contributed by atoms with Crippen molar-refractivity contribution in [3.05, 3.63) is 23.8 Å². The predicted octanol–water partition coefficient (Wildman–Crippen LogP) is 4.80. The van der Waals surface area contributed by atoms with Crippen molar-refractivity contribution >= 4 is 49.6 Å². The number of aryl methyl sites for hydroxylation is 1. The molecule has 0 saturated carbocycles. The summed E-state index contributed by atoms with van der Waals surface area (Å²) in [4.78, 5) is 26.4. The van der Waals surface area contributed by atoms with Crippen LogP contribution in [-0.2, 0) is 9.53 Å². The van der Waals surface area contributed by atoms with Crippen molar-refractivity contribution in [3.63, 3.8) is 0 Å². The van der Waals surface area contributed by atoms with Gasteiger partial charge in [-0.05, 0) is 52.3 Å². The Hall–Kier alpha value is -1.28. The SMILES string of the molecule is Cc1ccc(N(CCBr)CCBr)c(OC(=O)CC(C)NC(=O)OC(C)(C)C)c1. The van der Waals surface area contributed by atoms with Gasteiger partial charge in [-0.1, -0.05) is 37.9 Å². The maximum absolute atomic E-state index is 12.4. The van der Waals surface area contributed by atoms with E-state index in [1.54, 1.807) is 27.7 Å². The van der Waals surface area contributed by atoms with Gasteiger partial charge >= 0.3 is 12.1 Å². The molecule has 0 aliphatic heterocycles. The highest BCUT2D eigenvalue weighted by Gasteiger charge is 2.21. The first-order valence-corrected chi connectivity index (χ1v) is 11.5. The Morgan fingerprint density at radius 2 is 1.79 bits per heavy atom. The molecule has 28 heavy (non-hydrogen) atoms. The van der Waals surface area contributed by atoms with Gasteiger partial charge in [0.15, 0.2) is 5.75 Å². The normalized spacial score (nSPS) is 12.2. The van der Waals surface area contributed by atoms with Crippen LogP contribution in [0.25, 0.3) is 0 Å². The lowest BCUT2D eigenvalue weighted by molar-refractivity contribution is -0.134. The summed E-state index contributed by atoms with van der Waals surface area (Å²) >= 11 is 6.93. The molecule has 0 spiro atoms. The van der Waals surface area contributed by atoms with E-state index in [9.17, 15) is 9.59 Å². The summed E-state index contributed by atoms with van der Waals surface area (Å²) in [6.07, 6.45) is -0.506. The molecule has 158 valence electrons. The molecule has 0 heterocycles. The van der Waals surface area contributed by atoms with Crippen LogP contribution in [-0.4, -0.2) is 47.5 Å². The summed E-state index contributed by atoms with van der Waals surface area (Å²) in [6, 6.07) is 5.41. The first kappa shape index (κ1) is 24.8. The third kappa shape index (κ3) is 9.28. The molecule has 0 fully saturated rings. The molecule has 8 heteroatoms. The third-order valence-corrected chi connectivity index (χ3v) is 4.33. The fraction of sp³-hybridized carbons (Fsp3) is 0.600. The summed E-state index contributed by atoms with van der Waals surface area (Å²) in [5.74, 6) is 0.115. The molecule has 1 rings (SSSR count). The molecule has 1 aromatic rings. The smallest absolute Gasteiger partial charge is 0.407 e. The second kappa shape index (κ2) is 11.7. The molecule has 0 bridgehead atoms. The second-order valence-corrected chi connectivity index (χ2v) is 9.15. The van der Waals surface area contributed by atoms with Gasteiger partial charge in [-0.15, -0.1) is 0 Å². The average Bonchev–Trinajstić information content (AvgIpc) is 2.52. The minimum atomic E-state index is -0.588. The summed E-state index contributed by atoms with van der Waals surface area (Å²) < 4.78 is 10.9. The van der Waals surface area contributed by atoms with E-state index in [-0.39, 0.29) is 6.42 Å². The lowest BCUT2D eigenvalue weighted by atomic mass is 10.2. The Morgan fingerprint density at radius 1 is 1.18 bits per heavy atom. The second-order valence-electron chi connectivity index (χ2n) is 7.56. The molecule has 0 aromatic heterocycles. The third-order valence-electron chi connectivity index (χ3n) is 3.62. The van der Waals surface area contributed by atoms with Crippen LogP contribution in [0.3, 0.4) is 0 Å². The van der Waals surface area contributed by atoms with E-state index in [1.165, 1.54) is 0 Å². The lowest BCUT2D eigenvalue weighted by Crippen LogP contribution is -2.39. The Kier molecular flexibility index (Phi) is 10.3. The minimum absolute atomic E-state index is 0.0452. The summed E-state index contributed by atoms with van der Waals surface area (Å²) in [5.41, 5.74) is 1.28. The molecule has 0 aliphatic rings. The van der Waals surface area contributed by atoms with Gasteiger partial charge in [-0.3, -0.25) is 4.79 Å². The number of nitrogens with zero attached hydrogens (tertiary/aromatic N) is 1. The van der Waals surface area contributed by atoms with Crippen molar-refractivity contribution in [2.24, 2.45) is 0 Å². The number of rotatable bonds is 9. The number of halogens is 2. The Morgan fingerprint density at radius 3 is 2.32 bits per heavy atom. The number of esters is 1. The van der Waals surface area contributed by atoms with Gasteiger partial charge in [-0.2, -0.15) is 0 Å². The van der Waals surface area contributed by atoms with E-state index in [0.29, 0.717) is 5.75 Å². The number of alkyl carbamates (subject to hydrolysis) is 1. The molecule has 1 amide bonds. The number of alkyl halides is 2. The number of amides is 1. The zero-order valence-electron chi connectivity index (χ0n) is 17.2. The highest BCUT2D eigenvalue weighted by molar-refractivity contribution is 9.09. The highest BCUT2D eigenvalue weighted by Crippen LogP contribution is 2.30. The number of hydrogen-bond acceptors (Lipinski definition) is 5. The van der Waals surface area contributed by atoms with Crippen LogP contribution < -0.4 is 15.0 Å². The van der Waals surface area contributed by atoms with Crippen molar-refractivity contribution in [1.82, 2.24) is 5.32 Å². The van der Waals surface area contributed by atoms with Gasteiger partial charge in [0.25, 0.3) is 0 Å². The molecule has 1 atom stereocenters. The van der Waals surface area contributed by atoms with E-state index >= 15 is 0 Å². The summed E-state index contributed by atoms with van der Waals surface area (Å²) in [5, 5.41) is 4.27. The first-order chi connectivity index (χ1) is 13.1. The van der Waals surface area contributed by atoms with Crippen LogP contribution >= 0.6 is 31.9 Å². The number of carbonyl (C=O) groups is 2. The maximum atomic E-state index is 12.4. The minimum Gasteiger partial charge on any atom is -0.444 e. The topological polar surface area (TPSA) is 67.9 Å². The van der Waals surface area contributed by atoms with E-state index in [0.717, 1.165) is 35.0 Å². The molecule has 0 saturated heterocycles. The van der Waals surface area contributed by atoms with Crippen molar-refractivity contribution < 1.29 is 19.1 Å². The van der Waals surface area contributed by atoms with Crippen molar-refractivity contribution in [2.45, 2.75) is 52.7 Å².